The number of nitriles is 2. The fraction of sp³-hybridized carbons (Fsp3) is 0.0526. The van der Waals surface area contributed by atoms with E-state index in [1.54, 1.807) is 36.4 Å². The lowest BCUT2D eigenvalue weighted by Crippen LogP contribution is -2.26. The van der Waals surface area contributed by atoms with Crippen LogP contribution in [0.5, 0.6) is 0 Å². The molecule has 0 fully saturated rings. The summed E-state index contributed by atoms with van der Waals surface area (Å²) in [5.74, 6) is -9.01. The van der Waals surface area contributed by atoms with Crippen molar-refractivity contribution in [2.45, 2.75) is 12.8 Å². The van der Waals surface area contributed by atoms with Crippen molar-refractivity contribution in [3.8, 4) is 56.6 Å². The van der Waals surface area contributed by atoms with Crippen molar-refractivity contribution in [3.05, 3.63) is 151 Å². The zero-order valence-electron chi connectivity index (χ0n) is 24.2. The lowest BCUT2D eigenvalue weighted by Gasteiger charge is -2.17. The Balaban J connectivity index is 1.69. The predicted octanol–water partition coefficient (Wildman–Crippen LogP) is 8.10. The highest BCUT2D eigenvalue weighted by Gasteiger charge is 2.34. The molecule has 2 aliphatic carbocycles. The van der Waals surface area contributed by atoms with E-state index in [-0.39, 0.29) is 56.9 Å². The van der Waals surface area contributed by atoms with Crippen LogP contribution in [-0.2, 0) is 12.8 Å². The Kier molecular flexibility index (Phi) is 6.90. The molecule has 0 spiro atoms. The molecular formula is C38H14F6N4. The topological polar surface area (TPSA) is 56.3 Å². The minimum Gasteiger partial charge on any atom is -0.226 e. The van der Waals surface area contributed by atoms with Crippen molar-refractivity contribution >= 4 is 11.4 Å². The highest BCUT2D eigenvalue weighted by molar-refractivity contribution is 5.99. The second-order valence-electron chi connectivity index (χ2n) is 11.1. The summed E-state index contributed by atoms with van der Waals surface area (Å²) >= 11 is 0. The van der Waals surface area contributed by atoms with E-state index in [2.05, 4.69) is 9.69 Å². The molecule has 0 saturated carbocycles. The van der Waals surface area contributed by atoms with Crippen LogP contribution in [0.2, 0.25) is 0 Å². The van der Waals surface area contributed by atoms with Gasteiger partial charge in [0.15, 0.2) is 34.9 Å². The SMILES string of the molecule is [C-]#[N+]/C(C#N)=c1/c2c(/c(=C(\C#N)[N+]#[C-])c3c1-c1c(cccc1-c1cc(F)c(F)c(F)c1)C3)-c1c(cccc1-c1cc(F)c(F)c(F)c1)C2. The minimum atomic E-state index is -1.65. The molecule has 0 atom stereocenters. The maximum atomic E-state index is 14.5. The third-order valence-corrected chi connectivity index (χ3v) is 8.74. The zero-order valence-corrected chi connectivity index (χ0v) is 24.2. The lowest BCUT2D eigenvalue weighted by molar-refractivity contribution is 0.447. The summed E-state index contributed by atoms with van der Waals surface area (Å²) in [6.45, 7) is 15.8. The zero-order chi connectivity index (χ0) is 34.0. The van der Waals surface area contributed by atoms with E-state index in [1.165, 1.54) is 0 Å². The Morgan fingerprint density at radius 1 is 0.562 bits per heavy atom. The summed E-state index contributed by atoms with van der Waals surface area (Å²) in [4.78, 5) is 7.00. The predicted molar refractivity (Wildman–Crippen MR) is 164 cm³/mol. The van der Waals surface area contributed by atoms with Crippen molar-refractivity contribution in [1.29, 1.82) is 10.5 Å². The number of benzene rings is 5. The van der Waals surface area contributed by atoms with Gasteiger partial charge in [0.1, 0.15) is 0 Å². The largest absolute Gasteiger partial charge is 0.269 e. The van der Waals surface area contributed by atoms with Gasteiger partial charge in [-0.2, -0.15) is 0 Å². The molecule has 0 saturated heterocycles. The van der Waals surface area contributed by atoms with Crippen molar-refractivity contribution in [3.63, 3.8) is 0 Å². The van der Waals surface area contributed by atoms with Gasteiger partial charge in [-0.3, -0.25) is 0 Å². The van der Waals surface area contributed by atoms with Crippen LogP contribution < -0.4 is 10.4 Å². The molecule has 0 heterocycles. The van der Waals surface area contributed by atoms with Gasteiger partial charge >= 0.3 is 0 Å². The van der Waals surface area contributed by atoms with Crippen LogP contribution in [0.4, 0.5) is 26.3 Å². The molecule has 0 unspecified atom stereocenters. The number of rotatable bonds is 2. The molecule has 228 valence electrons. The molecule has 0 radical (unpaired) electrons. The van der Waals surface area contributed by atoms with E-state index in [9.17, 15) is 36.9 Å². The van der Waals surface area contributed by atoms with Gasteiger partial charge in [0.2, 0.25) is 0 Å². The first-order valence-corrected chi connectivity index (χ1v) is 14.2. The van der Waals surface area contributed by atoms with Crippen molar-refractivity contribution in [2.24, 2.45) is 0 Å². The lowest BCUT2D eigenvalue weighted by atomic mass is 9.86. The van der Waals surface area contributed by atoms with Gasteiger partial charge in [0, 0.05) is 10.4 Å². The van der Waals surface area contributed by atoms with Gasteiger partial charge < -0.3 is 0 Å². The summed E-state index contributed by atoms with van der Waals surface area (Å²) in [6, 6.07) is 17.0. The van der Waals surface area contributed by atoms with E-state index < -0.39 is 34.9 Å². The monoisotopic (exact) mass is 640 g/mol. The molecule has 48 heavy (non-hydrogen) atoms. The molecule has 0 N–H and O–H groups in total. The molecule has 5 aromatic carbocycles. The summed E-state index contributed by atoms with van der Waals surface area (Å²) in [6.07, 6.45) is 0.129. The van der Waals surface area contributed by atoms with Gasteiger partial charge in [0.05, 0.1) is 25.3 Å². The maximum absolute atomic E-state index is 14.5. The Morgan fingerprint density at radius 3 is 1.23 bits per heavy atom. The van der Waals surface area contributed by atoms with E-state index >= 15 is 0 Å². The summed E-state index contributed by atoms with van der Waals surface area (Å²) in [5, 5.41) is 20.8. The summed E-state index contributed by atoms with van der Waals surface area (Å²) in [5.41, 5.74) is 3.06. The second kappa shape index (κ2) is 11.0. The maximum Gasteiger partial charge on any atom is 0.269 e. The summed E-state index contributed by atoms with van der Waals surface area (Å²) < 4.78 is 85.9. The molecule has 5 aromatic rings. The Labute approximate surface area is 268 Å². The number of nitrogens with zero attached hydrogens (tertiary/aromatic N) is 4. The molecule has 2 aliphatic rings. The van der Waals surface area contributed by atoms with Crippen LogP contribution in [0, 0.1) is 70.7 Å². The minimum absolute atomic E-state index is 0.0222. The normalized spacial score (nSPS) is 13.2. The third-order valence-electron chi connectivity index (χ3n) is 8.74. The quantitative estimate of drug-likeness (QED) is 0.109. The fourth-order valence-electron chi connectivity index (χ4n) is 6.92. The molecular weight excluding hydrogens is 626 g/mol. The molecule has 0 aliphatic heterocycles. The highest BCUT2D eigenvalue weighted by Crippen LogP contribution is 2.47. The molecule has 4 nitrogen and oxygen atoms in total. The smallest absolute Gasteiger partial charge is 0.226 e. The van der Waals surface area contributed by atoms with Crippen LogP contribution in [0.3, 0.4) is 0 Å². The van der Waals surface area contributed by atoms with Crippen molar-refractivity contribution < 1.29 is 26.3 Å². The average molecular weight is 641 g/mol. The van der Waals surface area contributed by atoms with Crippen molar-refractivity contribution in [2.75, 3.05) is 0 Å². The van der Waals surface area contributed by atoms with Gasteiger partial charge in [-0.05, 0) is 104 Å². The van der Waals surface area contributed by atoms with E-state index in [1.807, 2.05) is 12.1 Å². The number of hydrogen-bond acceptors (Lipinski definition) is 2. The first-order valence-electron chi connectivity index (χ1n) is 14.2. The van der Waals surface area contributed by atoms with Gasteiger partial charge in [-0.1, -0.05) is 36.4 Å². The Morgan fingerprint density at radius 2 is 0.917 bits per heavy atom. The Bertz CT molecular complexity index is 2370. The van der Waals surface area contributed by atoms with Crippen LogP contribution in [0.25, 0.3) is 65.6 Å². The third kappa shape index (κ3) is 4.21. The average Bonchev–Trinajstić information content (AvgIpc) is 3.66. The van der Waals surface area contributed by atoms with Gasteiger partial charge in [-0.15, -0.1) is 0 Å². The second-order valence-corrected chi connectivity index (χ2v) is 11.1. The Hall–Kier alpha value is -6.62. The van der Waals surface area contributed by atoms with Gasteiger partial charge in [-0.25, -0.2) is 46.6 Å². The fourth-order valence-corrected chi connectivity index (χ4v) is 6.92. The molecule has 7 rings (SSSR count). The van der Waals surface area contributed by atoms with E-state index in [4.69, 9.17) is 13.1 Å². The molecule has 0 amide bonds. The molecule has 10 heteroatoms. The first kappa shape index (κ1) is 30.1. The van der Waals surface area contributed by atoms with Crippen molar-refractivity contribution in [1.82, 2.24) is 0 Å². The molecule has 0 aromatic heterocycles. The number of fused-ring (bicyclic) bond motifs is 6. The number of halogens is 6. The van der Waals surface area contributed by atoms with Crippen LogP contribution in [0.1, 0.15) is 22.3 Å². The standard InChI is InChI=1S/C38H14F6N4/c1-47-29(15-45)33-23-9-17-5-3-8-22(20-13-27(41)38(44)28(42)14-20)32(17)36(23)34(30(16-46)48-2)24-10-18-6-4-7-21(31(18)35(24)33)19-11-25(39)37(43)26(40)12-19/h3-8,11-14H,9-10H2/b33-29-,34-30+. The first-order chi connectivity index (χ1) is 23.1. The van der Waals surface area contributed by atoms with Gasteiger partial charge in [0.25, 0.3) is 11.4 Å². The number of hydrogen-bond donors (Lipinski definition) is 0. The highest BCUT2D eigenvalue weighted by atomic mass is 19.2. The van der Waals surface area contributed by atoms with E-state index in [0.29, 0.717) is 44.5 Å². The van der Waals surface area contributed by atoms with Crippen LogP contribution in [-0.4, -0.2) is 0 Å². The molecule has 0 bridgehead atoms. The van der Waals surface area contributed by atoms with Crippen LogP contribution in [0.15, 0.2) is 60.7 Å². The van der Waals surface area contributed by atoms with E-state index in [0.717, 1.165) is 24.3 Å². The van der Waals surface area contributed by atoms with Crippen LogP contribution >= 0.6 is 0 Å². The summed E-state index contributed by atoms with van der Waals surface area (Å²) in [7, 11) is 0.